The van der Waals surface area contributed by atoms with Crippen molar-refractivity contribution >= 4 is 11.8 Å². The minimum Gasteiger partial charge on any atom is -0.362 e. The molecule has 0 aromatic heterocycles. The lowest BCUT2D eigenvalue weighted by atomic mass is 10.1. The molecule has 1 N–H and O–H groups in total. The average Bonchev–Trinajstić information content (AvgIpc) is 2.06. The highest BCUT2D eigenvalue weighted by atomic mass is 16.5. The molecule has 2 amide bonds. The molecular formula is C8H13NO3. The molecule has 0 radical (unpaired) electrons. The highest BCUT2D eigenvalue weighted by molar-refractivity contribution is 6.04. The van der Waals surface area contributed by atoms with Gasteiger partial charge in [-0.2, -0.15) is 0 Å². The quantitative estimate of drug-likeness (QED) is 0.574. The number of ether oxygens (including phenoxy) is 1. The third-order valence-electron chi connectivity index (χ3n) is 1.42. The van der Waals surface area contributed by atoms with Crippen LogP contribution in [0.4, 0.5) is 0 Å². The van der Waals surface area contributed by atoms with Gasteiger partial charge in [-0.3, -0.25) is 14.9 Å². The zero-order chi connectivity index (χ0) is 9.35. The van der Waals surface area contributed by atoms with Crippen LogP contribution in [0.1, 0.15) is 27.2 Å². The van der Waals surface area contributed by atoms with Gasteiger partial charge in [0.05, 0.1) is 12.0 Å². The Morgan fingerprint density at radius 1 is 1.42 bits per heavy atom. The van der Waals surface area contributed by atoms with Gasteiger partial charge < -0.3 is 4.74 Å². The Morgan fingerprint density at radius 3 is 2.33 bits per heavy atom. The SMILES string of the molecule is CC(C)(C)OC1CC(=O)NC1=O. The number of amides is 2. The van der Waals surface area contributed by atoms with Crippen LogP contribution in [0, 0.1) is 0 Å². The summed E-state index contributed by atoms with van der Waals surface area (Å²) in [6.07, 6.45) is -0.451. The summed E-state index contributed by atoms with van der Waals surface area (Å²) in [7, 11) is 0. The van der Waals surface area contributed by atoms with Crippen LogP contribution in [0.25, 0.3) is 0 Å². The summed E-state index contributed by atoms with van der Waals surface area (Å²) in [5, 5.41) is 2.19. The Bertz CT molecular complexity index is 217. The van der Waals surface area contributed by atoms with Crippen molar-refractivity contribution in [1.82, 2.24) is 5.32 Å². The lowest BCUT2D eigenvalue weighted by molar-refractivity contribution is -0.137. The molecule has 1 rings (SSSR count). The maximum atomic E-state index is 11.0. The molecule has 1 aliphatic rings. The molecule has 4 heteroatoms. The monoisotopic (exact) mass is 171 g/mol. The van der Waals surface area contributed by atoms with Crippen LogP contribution in [0.15, 0.2) is 0 Å². The Hall–Kier alpha value is -0.900. The Kier molecular flexibility index (Phi) is 2.19. The third kappa shape index (κ3) is 2.30. The number of nitrogens with one attached hydrogen (secondary N) is 1. The molecule has 0 bridgehead atoms. The molecule has 1 unspecified atom stereocenters. The van der Waals surface area contributed by atoms with Gasteiger partial charge in [-0.1, -0.05) is 0 Å². The van der Waals surface area contributed by atoms with Crippen molar-refractivity contribution in [3.8, 4) is 0 Å². The van der Waals surface area contributed by atoms with E-state index in [1.807, 2.05) is 20.8 Å². The first-order valence-electron chi connectivity index (χ1n) is 3.90. The van der Waals surface area contributed by atoms with Crippen molar-refractivity contribution < 1.29 is 14.3 Å². The first kappa shape index (κ1) is 9.19. The van der Waals surface area contributed by atoms with E-state index in [2.05, 4.69) is 5.32 Å². The molecule has 12 heavy (non-hydrogen) atoms. The van der Waals surface area contributed by atoms with Gasteiger partial charge in [-0.05, 0) is 20.8 Å². The van der Waals surface area contributed by atoms with Crippen LogP contribution < -0.4 is 5.32 Å². The fraction of sp³-hybridized carbons (Fsp3) is 0.750. The van der Waals surface area contributed by atoms with E-state index < -0.39 is 6.10 Å². The highest BCUT2D eigenvalue weighted by Crippen LogP contribution is 2.16. The summed E-state index contributed by atoms with van der Waals surface area (Å²) in [6.45, 7) is 5.55. The number of hydrogen-bond acceptors (Lipinski definition) is 3. The second-order valence-corrected chi connectivity index (χ2v) is 3.84. The molecule has 0 aliphatic carbocycles. The number of hydrogen-bond donors (Lipinski definition) is 1. The van der Waals surface area contributed by atoms with Crippen LogP contribution in [-0.4, -0.2) is 23.5 Å². The Labute approximate surface area is 71.3 Å². The number of rotatable bonds is 1. The summed E-state index contributed by atoms with van der Waals surface area (Å²) in [4.78, 5) is 21.7. The fourth-order valence-corrected chi connectivity index (χ4v) is 1.05. The smallest absolute Gasteiger partial charge is 0.256 e. The van der Waals surface area contributed by atoms with Crippen LogP contribution in [0.3, 0.4) is 0 Å². The van der Waals surface area contributed by atoms with E-state index in [9.17, 15) is 9.59 Å². The number of imide groups is 1. The van der Waals surface area contributed by atoms with Gasteiger partial charge in [-0.15, -0.1) is 0 Å². The van der Waals surface area contributed by atoms with Crippen molar-refractivity contribution in [2.75, 3.05) is 0 Å². The second-order valence-electron chi connectivity index (χ2n) is 3.84. The van der Waals surface area contributed by atoms with Gasteiger partial charge in [0.25, 0.3) is 5.91 Å². The van der Waals surface area contributed by atoms with Crippen LogP contribution in [-0.2, 0) is 14.3 Å². The molecule has 68 valence electrons. The summed E-state index contributed by atoms with van der Waals surface area (Å²) in [5.41, 5.74) is -0.382. The molecule has 0 aromatic carbocycles. The Balaban J connectivity index is 2.54. The average molecular weight is 171 g/mol. The molecule has 0 saturated carbocycles. The van der Waals surface area contributed by atoms with E-state index in [0.717, 1.165) is 0 Å². The van der Waals surface area contributed by atoms with E-state index in [1.165, 1.54) is 0 Å². The lowest BCUT2D eigenvalue weighted by Gasteiger charge is -2.22. The van der Waals surface area contributed by atoms with Crippen LogP contribution >= 0.6 is 0 Å². The fourth-order valence-electron chi connectivity index (χ4n) is 1.05. The largest absolute Gasteiger partial charge is 0.362 e. The van der Waals surface area contributed by atoms with Gasteiger partial charge in [0.2, 0.25) is 5.91 Å². The first-order chi connectivity index (χ1) is 5.38. The van der Waals surface area contributed by atoms with Crippen molar-refractivity contribution in [3.63, 3.8) is 0 Å². The molecule has 1 heterocycles. The van der Waals surface area contributed by atoms with Crippen molar-refractivity contribution in [2.45, 2.75) is 38.9 Å². The molecule has 1 atom stereocenters. The van der Waals surface area contributed by atoms with E-state index in [-0.39, 0.29) is 23.8 Å². The summed E-state index contributed by atoms with van der Waals surface area (Å²) in [6, 6.07) is 0. The normalized spacial score (nSPS) is 24.4. The molecule has 0 spiro atoms. The van der Waals surface area contributed by atoms with E-state index in [4.69, 9.17) is 4.74 Å². The molecule has 1 aliphatic heterocycles. The standard InChI is InChI=1S/C8H13NO3/c1-8(2,3)12-5-4-6(10)9-7(5)11/h5H,4H2,1-3H3,(H,9,10,11). The summed E-state index contributed by atoms with van der Waals surface area (Å²) in [5.74, 6) is -0.579. The molecule has 0 aromatic rings. The van der Waals surface area contributed by atoms with Gasteiger partial charge >= 0.3 is 0 Å². The number of carbonyl (C=O) groups is 2. The highest BCUT2D eigenvalue weighted by Gasteiger charge is 2.34. The van der Waals surface area contributed by atoms with E-state index >= 15 is 0 Å². The number of carbonyl (C=O) groups excluding carboxylic acids is 2. The van der Waals surface area contributed by atoms with Crippen molar-refractivity contribution in [2.24, 2.45) is 0 Å². The predicted molar refractivity (Wildman–Crippen MR) is 42.4 cm³/mol. The molecule has 4 nitrogen and oxygen atoms in total. The zero-order valence-corrected chi connectivity index (χ0v) is 7.51. The minimum atomic E-state index is -0.600. The molecular weight excluding hydrogens is 158 g/mol. The van der Waals surface area contributed by atoms with Gasteiger partial charge in [0.15, 0.2) is 0 Å². The van der Waals surface area contributed by atoms with Crippen LogP contribution in [0.5, 0.6) is 0 Å². The first-order valence-corrected chi connectivity index (χ1v) is 3.90. The van der Waals surface area contributed by atoms with Crippen LogP contribution in [0.2, 0.25) is 0 Å². The topological polar surface area (TPSA) is 55.4 Å². The maximum Gasteiger partial charge on any atom is 0.256 e. The lowest BCUT2D eigenvalue weighted by Crippen LogP contribution is -2.33. The van der Waals surface area contributed by atoms with Crippen molar-refractivity contribution in [3.05, 3.63) is 0 Å². The summed E-state index contributed by atoms with van der Waals surface area (Å²) < 4.78 is 5.35. The molecule has 1 fully saturated rings. The van der Waals surface area contributed by atoms with Gasteiger partial charge in [0, 0.05) is 0 Å². The van der Waals surface area contributed by atoms with E-state index in [1.54, 1.807) is 0 Å². The zero-order valence-electron chi connectivity index (χ0n) is 7.51. The van der Waals surface area contributed by atoms with Gasteiger partial charge in [-0.25, -0.2) is 0 Å². The second kappa shape index (κ2) is 2.86. The third-order valence-corrected chi connectivity index (χ3v) is 1.42. The maximum absolute atomic E-state index is 11.0. The summed E-state index contributed by atoms with van der Waals surface area (Å²) >= 11 is 0. The molecule has 1 saturated heterocycles. The van der Waals surface area contributed by atoms with Crippen molar-refractivity contribution in [1.29, 1.82) is 0 Å². The Morgan fingerprint density at radius 2 is 2.00 bits per heavy atom. The minimum absolute atomic E-state index is 0.149. The van der Waals surface area contributed by atoms with Gasteiger partial charge in [0.1, 0.15) is 6.10 Å². The predicted octanol–water partition coefficient (Wildman–Crippen LogP) is 0.217. The van der Waals surface area contributed by atoms with E-state index in [0.29, 0.717) is 0 Å².